The predicted molar refractivity (Wildman–Crippen MR) is 116 cm³/mol. The van der Waals surface area contributed by atoms with Crippen LogP contribution in [0.4, 0.5) is 28.9 Å². The zero-order chi connectivity index (χ0) is 26.5. The maximum absolute atomic E-state index is 15.1. The van der Waals surface area contributed by atoms with Crippen LogP contribution in [0, 0.1) is 17.1 Å². The molecule has 0 aliphatic carbocycles. The van der Waals surface area contributed by atoms with Gasteiger partial charge < -0.3 is 4.90 Å². The Morgan fingerprint density at radius 1 is 1.14 bits per heavy atom. The van der Waals surface area contributed by atoms with Crippen LogP contribution in [0.1, 0.15) is 30.5 Å². The van der Waals surface area contributed by atoms with Crippen molar-refractivity contribution in [1.29, 1.82) is 5.26 Å². The molecule has 1 unspecified atom stereocenters. The summed E-state index contributed by atoms with van der Waals surface area (Å²) in [6, 6.07) is 7.56. The smallest absolute Gasteiger partial charge is 0.322 e. The molecule has 2 aromatic carbocycles. The molecule has 3 rings (SSSR count). The zero-order valence-corrected chi connectivity index (χ0v) is 19.7. The fraction of sp³-hybridized carbons (Fsp3) is 0.300. The Kier molecular flexibility index (Phi) is 6.61. The number of nitrogens with zero attached hydrogens (tertiary/aromatic N) is 3. The van der Waals surface area contributed by atoms with Gasteiger partial charge in [-0.1, -0.05) is 12.1 Å². The first-order valence-electron chi connectivity index (χ1n) is 9.61. The van der Waals surface area contributed by atoms with Gasteiger partial charge in [0.05, 0.1) is 23.1 Å². The van der Waals surface area contributed by atoms with Crippen molar-refractivity contribution in [3.05, 3.63) is 58.9 Å². The average Bonchev–Trinajstić information content (AvgIpc) is 2.93. The molecular weight excluding hydrogens is 518 g/mol. The Morgan fingerprint density at radius 2 is 1.71 bits per heavy atom. The van der Waals surface area contributed by atoms with Crippen molar-refractivity contribution in [2.45, 2.75) is 36.8 Å². The van der Waals surface area contributed by atoms with Crippen molar-refractivity contribution in [1.82, 2.24) is 0 Å². The van der Waals surface area contributed by atoms with Crippen molar-refractivity contribution in [3.63, 3.8) is 0 Å². The van der Waals surface area contributed by atoms with Crippen LogP contribution in [0.3, 0.4) is 0 Å². The van der Waals surface area contributed by atoms with E-state index in [2.05, 4.69) is 0 Å². The fourth-order valence-corrected chi connectivity index (χ4v) is 5.50. The monoisotopic (exact) mass is 535 g/mol. The van der Waals surface area contributed by atoms with Crippen molar-refractivity contribution in [2.24, 2.45) is 0 Å². The summed E-state index contributed by atoms with van der Waals surface area (Å²) in [6.45, 7) is 2.42. The first kappa shape index (κ1) is 26.4. The highest BCUT2D eigenvalue weighted by Crippen LogP contribution is 2.44. The zero-order valence-electron chi connectivity index (χ0n) is 17.9. The second-order valence-corrected chi connectivity index (χ2v) is 10.5. The van der Waals surface area contributed by atoms with Gasteiger partial charge in [-0.05, 0) is 43.7 Å². The number of benzene rings is 2. The standard InChI is InChI=1S/C20H17F4N3O6S2/c1-19(2)17(28)26(14-8-5-12(9-25)15(16(14)21)20(22,23)24)18(35(31,32)33)27(19)13-6-3-11(4-7-13)10-34(29)30/h3-8,18,34H,10H2,1-2H3,(H,31,32,33). The Hall–Kier alpha value is -3.22. The molecule has 1 heterocycles. The Morgan fingerprint density at radius 3 is 2.17 bits per heavy atom. The molecule has 15 heteroatoms. The Balaban J connectivity index is 2.26. The number of halogens is 4. The second kappa shape index (κ2) is 8.77. The largest absolute Gasteiger partial charge is 0.420 e. The van der Waals surface area contributed by atoms with E-state index in [1.54, 1.807) is 0 Å². The molecular formula is C20H17F4N3O6S2. The van der Waals surface area contributed by atoms with Gasteiger partial charge in [0, 0.05) is 5.69 Å². The van der Waals surface area contributed by atoms with Crippen molar-refractivity contribution in [2.75, 3.05) is 9.80 Å². The van der Waals surface area contributed by atoms with E-state index in [0.29, 0.717) is 17.7 Å². The van der Waals surface area contributed by atoms with E-state index < -0.39 is 66.6 Å². The molecule has 2 aromatic rings. The van der Waals surface area contributed by atoms with E-state index >= 15 is 4.39 Å². The highest BCUT2D eigenvalue weighted by Gasteiger charge is 2.58. The maximum Gasteiger partial charge on any atom is 0.420 e. The molecule has 0 bridgehead atoms. The lowest BCUT2D eigenvalue weighted by atomic mass is 10.0. The molecule has 0 spiro atoms. The third-order valence-corrected chi connectivity index (χ3v) is 6.94. The van der Waals surface area contributed by atoms with Crippen molar-refractivity contribution < 1.29 is 43.7 Å². The lowest BCUT2D eigenvalue weighted by molar-refractivity contribution is -0.140. The van der Waals surface area contributed by atoms with Crippen LogP contribution < -0.4 is 9.80 Å². The van der Waals surface area contributed by atoms with Gasteiger partial charge in [-0.3, -0.25) is 14.2 Å². The van der Waals surface area contributed by atoms with Gasteiger partial charge in [-0.15, -0.1) is 0 Å². The molecule has 1 atom stereocenters. The number of anilines is 2. The summed E-state index contributed by atoms with van der Waals surface area (Å²) in [6.07, 6.45) is -5.35. The molecule has 0 aromatic heterocycles. The summed E-state index contributed by atoms with van der Waals surface area (Å²) < 4.78 is 112. The molecule has 188 valence electrons. The van der Waals surface area contributed by atoms with Gasteiger partial charge >= 0.3 is 16.3 Å². The van der Waals surface area contributed by atoms with Gasteiger partial charge in [-0.2, -0.15) is 26.9 Å². The molecule has 1 amide bonds. The summed E-state index contributed by atoms with van der Waals surface area (Å²) >= 11 is 0. The predicted octanol–water partition coefficient (Wildman–Crippen LogP) is 2.63. The van der Waals surface area contributed by atoms with Crippen LogP contribution in [0.2, 0.25) is 0 Å². The summed E-state index contributed by atoms with van der Waals surface area (Å²) in [5, 5.41) is 8.97. The normalized spacial score (nSPS) is 18.3. The third-order valence-electron chi connectivity index (χ3n) is 5.36. The second-order valence-electron chi connectivity index (χ2n) is 8.03. The van der Waals surface area contributed by atoms with Gasteiger partial charge in [0.15, 0.2) is 5.82 Å². The number of rotatable bonds is 5. The van der Waals surface area contributed by atoms with Crippen molar-refractivity contribution in [3.8, 4) is 6.07 Å². The minimum absolute atomic E-state index is 0.0246. The minimum atomic E-state index is -5.35. The molecule has 1 saturated heterocycles. The summed E-state index contributed by atoms with van der Waals surface area (Å²) in [4.78, 5) is 14.3. The number of alkyl halides is 3. The molecule has 1 fully saturated rings. The summed E-state index contributed by atoms with van der Waals surface area (Å²) in [5.41, 5.74) is -8.10. The van der Waals surface area contributed by atoms with E-state index in [4.69, 9.17) is 5.26 Å². The van der Waals surface area contributed by atoms with E-state index in [1.165, 1.54) is 44.2 Å². The molecule has 35 heavy (non-hydrogen) atoms. The van der Waals surface area contributed by atoms with Crippen LogP contribution >= 0.6 is 0 Å². The highest BCUT2D eigenvalue weighted by molar-refractivity contribution is 7.86. The number of carbonyl (C=O) groups excluding carboxylic acids is 1. The lowest BCUT2D eigenvalue weighted by Crippen LogP contribution is -2.49. The van der Waals surface area contributed by atoms with Gasteiger partial charge in [0.1, 0.15) is 21.8 Å². The number of hydrogen-bond donors (Lipinski definition) is 2. The Bertz CT molecular complexity index is 1410. The number of carbonyl (C=O) groups is 1. The van der Waals surface area contributed by atoms with Crippen LogP contribution in [0.15, 0.2) is 36.4 Å². The number of nitriles is 1. The molecule has 0 saturated carbocycles. The van der Waals surface area contributed by atoms with Crippen LogP contribution in [-0.4, -0.2) is 38.3 Å². The topological polar surface area (TPSA) is 136 Å². The van der Waals surface area contributed by atoms with Crippen LogP contribution in [0.5, 0.6) is 0 Å². The summed E-state index contributed by atoms with van der Waals surface area (Å²) in [7, 11) is -8.07. The molecule has 9 nitrogen and oxygen atoms in total. The number of hydrogen-bond acceptors (Lipinski definition) is 7. The third kappa shape index (κ3) is 4.68. The van der Waals surface area contributed by atoms with Crippen molar-refractivity contribution >= 4 is 38.1 Å². The lowest BCUT2D eigenvalue weighted by Gasteiger charge is -2.34. The molecule has 1 aliphatic heterocycles. The molecule has 0 radical (unpaired) electrons. The first-order chi connectivity index (χ1) is 16.0. The van der Waals surface area contributed by atoms with Crippen LogP contribution in [0.25, 0.3) is 0 Å². The van der Waals surface area contributed by atoms with Gasteiger partial charge in [-0.25, -0.2) is 12.8 Å². The summed E-state index contributed by atoms with van der Waals surface area (Å²) in [5.74, 6) is -3.56. The quantitative estimate of drug-likeness (QED) is 0.339. The van der Waals surface area contributed by atoms with Gasteiger partial charge in [0.2, 0.25) is 5.50 Å². The highest BCUT2D eigenvalue weighted by atomic mass is 32.2. The van der Waals surface area contributed by atoms with Gasteiger partial charge in [0.25, 0.3) is 5.91 Å². The average molecular weight is 535 g/mol. The van der Waals surface area contributed by atoms with E-state index in [0.717, 1.165) is 4.90 Å². The number of amides is 1. The van der Waals surface area contributed by atoms with E-state index in [-0.39, 0.29) is 16.3 Å². The molecule has 1 aliphatic rings. The van der Waals surface area contributed by atoms with E-state index in [9.17, 15) is 39.4 Å². The SMILES string of the molecule is CC1(C)C(=O)N(c2ccc(C#N)c(C(F)(F)F)c2F)C(S(=O)(=O)O)N1c1ccc(C[SH](=O)=O)cc1. The minimum Gasteiger partial charge on any atom is -0.322 e. The Labute approximate surface area is 198 Å². The fourth-order valence-electron chi connectivity index (χ4n) is 3.87. The maximum atomic E-state index is 15.1. The molecule has 1 N–H and O–H groups in total. The van der Waals surface area contributed by atoms with E-state index in [1.807, 2.05) is 0 Å². The number of thiol groups is 1. The first-order valence-corrected chi connectivity index (χ1v) is 12.5. The van der Waals surface area contributed by atoms with Crippen LogP contribution in [-0.2, 0) is 37.5 Å².